The molecule has 0 spiro atoms. The molecule has 15 nitrogen and oxygen atoms in total. The number of aliphatic carboxylic acids is 3. The van der Waals surface area contributed by atoms with Crippen LogP contribution in [0.1, 0.15) is 40.0 Å². The fraction of sp³-hybridized carbons (Fsp3) is 0.600. The molecule has 15 heteroatoms. The average Bonchev–Trinajstić information content (AvgIpc) is 2.72. The number of hydrogen-bond acceptors (Lipinski definition) is 8. The lowest BCUT2D eigenvalue weighted by molar-refractivity contribution is -0.144. The molecule has 0 saturated carbocycles. The highest BCUT2D eigenvalue weighted by molar-refractivity contribution is 5.95. The number of carboxylic acids is 3. The third kappa shape index (κ3) is 12.1. The molecule has 7 N–H and O–H groups in total. The van der Waals surface area contributed by atoms with Gasteiger partial charge in [0.05, 0.1) is 6.42 Å². The summed E-state index contributed by atoms with van der Waals surface area (Å²) < 4.78 is 0. The van der Waals surface area contributed by atoms with Crippen LogP contribution >= 0.6 is 0 Å². The van der Waals surface area contributed by atoms with Gasteiger partial charge in [-0.1, -0.05) is 13.8 Å². The van der Waals surface area contributed by atoms with Gasteiger partial charge in [0.15, 0.2) is 0 Å². The molecule has 0 aliphatic carbocycles. The summed E-state index contributed by atoms with van der Waals surface area (Å²) in [7, 11) is 0. The number of rotatable bonds is 16. The van der Waals surface area contributed by atoms with E-state index >= 15 is 0 Å². The SMILES string of the molecule is CC(=O)N[C@@H](CC(=O)O)C(=O)N[C@@H](CCC(=O)O)C(=O)N[C@H](C(=O)NC[C@@H](C=O)C(=O)O)C(C)C. The largest absolute Gasteiger partial charge is 0.481 e. The first-order chi connectivity index (χ1) is 16.2. The Hall–Kier alpha value is -4.04. The third-order valence-electron chi connectivity index (χ3n) is 4.58. The summed E-state index contributed by atoms with van der Waals surface area (Å²) in [5, 5.41) is 35.7. The predicted octanol–water partition coefficient (Wildman–Crippen LogP) is -2.53. The van der Waals surface area contributed by atoms with E-state index < -0.39 is 97.3 Å². The third-order valence-corrected chi connectivity index (χ3v) is 4.58. The van der Waals surface area contributed by atoms with E-state index in [2.05, 4.69) is 21.3 Å². The van der Waals surface area contributed by atoms with Gasteiger partial charge in [-0.2, -0.15) is 0 Å². The maximum Gasteiger partial charge on any atom is 0.315 e. The molecule has 4 amide bonds. The van der Waals surface area contributed by atoms with Crippen LogP contribution in [0.4, 0.5) is 0 Å². The Balaban J connectivity index is 5.59. The summed E-state index contributed by atoms with van der Waals surface area (Å²) in [6.07, 6.45) is -1.67. The van der Waals surface area contributed by atoms with E-state index in [0.717, 1.165) is 6.92 Å². The zero-order valence-electron chi connectivity index (χ0n) is 19.4. The van der Waals surface area contributed by atoms with Gasteiger partial charge in [0.1, 0.15) is 30.3 Å². The average molecular weight is 502 g/mol. The van der Waals surface area contributed by atoms with Gasteiger partial charge in [-0.3, -0.25) is 33.6 Å². The molecule has 0 heterocycles. The topological polar surface area (TPSA) is 245 Å². The van der Waals surface area contributed by atoms with Gasteiger partial charge >= 0.3 is 17.9 Å². The number of carbonyl (C=O) groups excluding carboxylic acids is 5. The van der Waals surface area contributed by atoms with E-state index in [9.17, 15) is 38.4 Å². The first-order valence-electron chi connectivity index (χ1n) is 10.5. The Labute approximate surface area is 200 Å². The Bertz CT molecular complexity index is 827. The van der Waals surface area contributed by atoms with Gasteiger partial charge in [0, 0.05) is 19.9 Å². The zero-order valence-corrected chi connectivity index (χ0v) is 19.4. The number of hydrogen-bond donors (Lipinski definition) is 7. The van der Waals surface area contributed by atoms with Crippen molar-refractivity contribution >= 4 is 47.8 Å². The predicted molar refractivity (Wildman–Crippen MR) is 116 cm³/mol. The highest BCUT2D eigenvalue weighted by Gasteiger charge is 2.32. The number of carboxylic acid groups (broad SMARTS) is 3. The number of amides is 4. The first-order valence-corrected chi connectivity index (χ1v) is 10.5. The van der Waals surface area contributed by atoms with Crippen LogP contribution in [0.5, 0.6) is 0 Å². The molecule has 0 radical (unpaired) electrons. The molecule has 0 bridgehead atoms. The van der Waals surface area contributed by atoms with E-state index in [-0.39, 0.29) is 6.29 Å². The van der Waals surface area contributed by atoms with Crippen molar-refractivity contribution in [3.05, 3.63) is 0 Å². The van der Waals surface area contributed by atoms with Crippen LogP contribution in [0, 0.1) is 11.8 Å². The van der Waals surface area contributed by atoms with Crippen molar-refractivity contribution in [2.45, 2.75) is 58.2 Å². The van der Waals surface area contributed by atoms with Crippen molar-refractivity contribution in [1.29, 1.82) is 0 Å². The van der Waals surface area contributed by atoms with Crippen LogP contribution in [-0.2, 0) is 38.4 Å². The van der Waals surface area contributed by atoms with Crippen molar-refractivity contribution in [3.8, 4) is 0 Å². The minimum atomic E-state index is -1.55. The maximum atomic E-state index is 12.8. The molecular formula is C20H30N4O11. The normalized spacial score (nSPS) is 13.9. The minimum Gasteiger partial charge on any atom is -0.481 e. The fourth-order valence-corrected chi connectivity index (χ4v) is 2.74. The second-order valence-electron chi connectivity index (χ2n) is 7.90. The molecule has 0 rings (SSSR count). The Morgan fingerprint density at radius 2 is 1.37 bits per heavy atom. The van der Waals surface area contributed by atoms with Crippen LogP contribution in [0.2, 0.25) is 0 Å². The molecule has 0 fully saturated rings. The highest BCUT2D eigenvalue weighted by atomic mass is 16.4. The number of aldehydes is 1. The van der Waals surface area contributed by atoms with E-state index in [1.165, 1.54) is 0 Å². The van der Waals surface area contributed by atoms with Crippen LogP contribution in [0.15, 0.2) is 0 Å². The van der Waals surface area contributed by atoms with Gasteiger partial charge in [-0.25, -0.2) is 0 Å². The summed E-state index contributed by atoms with van der Waals surface area (Å²) in [5.41, 5.74) is 0. The zero-order chi connectivity index (χ0) is 27.3. The standard InChI is InChI=1S/C20H30N4O11/c1-9(2)16(19(33)21-7-11(8-25)20(34)35)24-17(31)12(4-5-14(27)28)23-18(32)13(6-15(29)30)22-10(3)26/h8-9,11-13,16H,4-7H2,1-3H3,(H,21,33)(H,22,26)(H,23,32)(H,24,31)(H,27,28)(H,29,30)(H,34,35)/t11-,12-,13-,16-/m0/s1. The van der Waals surface area contributed by atoms with Gasteiger partial charge < -0.3 is 41.4 Å². The Morgan fingerprint density at radius 1 is 0.800 bits per heavy atom. The monoisotopic (exact) mass is 502 g/mol. The van der Waals surface area contributed by atoms with Gasteiger partial charge in [-0.15, -0.1) is 0 Å². The van der Waals surface area contributed by atoms with Crippen molar-refractivity contribution in [1.82, 2.24) is 21.3 Å². The summed E-state index contributed by atoms with van der Waals surface area (Å²) in [5.74, 6) is -9.82. The molecule has 0 aliphatic rings. The van der Waals surface area contributed by atoms with E-state index in [4.69, 9.17) is 15.3 Å². The smallest absolute Gasteiger partial charge is 0.315 e. The fourth-order valence-electron chi connectivity index (χ4n) is 2.74. The van der Waals surface area contributed by atoms with Crippen molar-refractivity contribution < 1.29 is 53.7 Å². The van der Waals surface area contributed by atoms with Crippen LogP contribution in [0.3, 0.4) is 0 Å². The molecule has 0 saturated heterocycles. The summed E-state index contributed by atoms with van der Waals surface area (Å²) >= 11 is 0. The van der Waals surface area contributed by atoms with Crippen molar-refractivity contribution in [3.63, 3.8) is 0 Å². The summed E-state index contributed by atoms with van der Waals surface area (Å²) in [6, 6.07) is -4.32. The molecule has 4 atom stereocenters. The van der Waals surface area contributed by atoms with Gasteiger partial charge in [0.25, 0.3) is 0 Å². The van der Waals surface area contributed by atoms with Crippen molar-refractivity contribution in [2.75, 3.05) is 6.54 Å². The lowest BCUT2D eigenvalue weighted by atomic mass is 10.0. The summed E-state index contributed by atoms with van der Waals surface area (Å²) in [6.45, 7) is 3.60. The molecule has 35 heavy (non-hydrogen) atoms. The lowest BCUT2D eigenvalue weighted by Crippen LogP contribution is -2.58. The van der Waals surface area contributed by atoms with Crippen LogP contribution < -0.4 is 21.3 Å². The first kappa shape index (κ1) is 31.0. The highest BCUT2D eigenvalue weighted by Crippen LogP contribution is 2.06. The molecule has 0 aromatic carbocycles. The van der Waals surface area contributed by atoms with Crippen LogP contribution in [0.25, 0.3) is 0 Å². The second-order valence-corrected chi connectivity index (χ2v) is 7.90. The van der Waals surface area contributed by atoms with Crippen molar-refractivity contribution in [2.24, 2.45) is 11.8 Å². The van der Waals surface area contributed by atoms with Gasteiger partial charge in [-0.05, 0) is 12.3 Å². The van der Waals surface area contributed by atoms with E-state index in [1.54, 1.807) is 13.8 Å². The number of nitrogens with one attached hydrogen (secondary N) is 4. The molecule has 0 unspecified atom stereocenters. The maximum absolute atomic E-state index is 12.8. The molecule has 0 aromatic rings. The molecule has 0 aromatic heterocycles. The molecule has 196 valence electrons. The minimum absolute atomic E-state index is 0.131. The number of carbonyl (C=O) groups is 8. The Morgan fingerprint density at radius 3 is 1.80 bits per heavy atom. The summed E-state index contributed by atoms with van der Waals surface area (Å²) in [4.78, 5) is 92.9. The molecular weight excluding hydrogens is 472 g/mol. The van der Waals surface area contributed by atoms with E-state index in [0.29, 0.717) is 0 Å². The Kier molecular flexibility index (Phi) is 13.2. The van der Waals surface area contributed by atoms with Gasteiger partial charge in [0.2, 0.25) is 23.6 Å². The lowest BCUT2D eigenvalue weighted by Gasteiger charge is -2.26. The van der Waals surface area contributed by atoms with E-state index in [1.807, 2.05) is 0 Å². The quantitative estimate of drug-likeness (QED) is 0.0856. The van der Waals surface area contributed by atoms with Crippen LogP contribution in [-0.4, -0.2) is 87.8 Å². The second kappa shape index (κ2) is 15.0. The molecule has 0 aliphatic heterocycles.